The van der Waals surface area contributed by atoms with E-state index in [4.69, 9.17) is 9.47 Å². The van der Waals surface area contributed by atoms with E-state index in [9.17, 15) is 4.79 Å². The van der Waals surface area contributed by atoms with Gasteiger partial charge in [-0.15, -0.1) is 0 Å². The molecule has 4 heteroatoms. The van der Waals surface area contributed by atoms with E-state index < -0.39 is 0 Å². The second kappa shape index (κ2) is 7.10. The number of likely N-dealkylation sites (N-methyl/N-ethyl adjacent to an activating group) is 1. The second-order valence-electron chi connectivity index (χ2n) is 6.03. The van der Waals surface area contributed by atoms with Gasteiger partial charge in [-0.3, -0.25) is 4.79 Å². The summed E-state index contributed by atoms with van der Waals surface area (Å²) in [5.74, 6) is 0.524. The fraction of sp³-hybridized carbons (Fsp3) is 0.929. The maximum absolute atomic E-state index is 11.6. The summed E-state index contributed by atoms with van der Waals surface area (Å²) in [5, 5.41) is 0. The molecule has 0 unspecified atom stereocenters. The summed E-state index contributed by atoms with van der Waals surface area (Å²) in [6.07, 6.45) is 3.56. The highest BCUT2D eigenvalue weighted by molar-refractivity contribution is 5.69. The lowest BCUT2D eigenvalue weighted by Gasteiger charge is -2.35. The molecule has 106 valence electrons. The van der Waals surface area contributed by atoms with Crippen LogP contribution in [0.2, 0.25) is 0 Å². The Hall–Kier alpha value is -0.610. The van der Waals surface area contributed by atoms with Crippen LogP contribution in [0.5, 0.6) is 0 Å². The van der Waals surface area contributed by atoms with Gasteiger partial charge in [0, 0.05) is 19.6 Å². The molecule has 4 nitrogen and oxygen atoms in total. The molecule has 1 heterocycles. The maximum Gasteiger partial charge on any atom is 0.305 e. The Labute approximate surface area is 111 Å². The van der Waals surface area contributed by atoms with Gasteiger partial charge < -0.3 is 14.4 Å². The van der Waals surface area contributed by atoms with Gasteiger partial charge in [-0.2, -0.15) is 0 Å². The Bertz CT molecular complexity index is 264. The quantitative estimate of drug-likeness (QED) is 0.683. The lowest BCUT2D eigenvalue weighted by molar-refractivity contribution is -0.144. The monoisotopic (exact) mass is 257 g/mol. The number of rotatable bonds is 6. The van der Waals surface area contributed by atoms with Crippen LogP contribution in [-0.2, 0) is 14.3 Å². The van der Waals surface area contributed by atoms with Gasteiger partial charge in [-0.05, 0) is 53.1 Å². The van der Waals surface area contributed by atoms with E-state index in [2.05, 4.69) is 13.8 Å². The molecule has 1 saturated heterocycles. The minimum absolute atomic E-state index is 0.0300. The number of hydrogen-bond donors (Lipinski definition) is 0. The molecule has 1 aliphatic rings. The number of carbonyl (C=O) groups is 1. The van der Waals surface area contributed by atoms with Gasteiger partial charge in [0.2, 0.25) is 0 Å². The van der Waals surface area contributed by atoms with Crippen molar-refractivity contribution in [3.8, 4) is 0 Å². The zero-order chi connectivity index (χ0) is 13.6. The van der Waals surface area contributed by atoms with Crippen molar-refractivity contribution < 1.29 is 14.3 Å². The van der Waals surface area contributed by atoms with Crippen molar-refractivity contribution in [2.45, 2.75) is 45.1 Å². The molecule has 1 fully saturated rings. The van der Waals surface area contributed by atoms with Gasteiger partial charge in [-0.25, -0.2) is 0 Å². The molecule has 0 aliphatic carbocycles. The lowest BCUT2D eigenvalue weighted by atomic mass is 9.85. The normalized spacial score (nSPS) is 23.1. The average molecular weight is 257 g/mol. The van der Waals surface area contributed by atoms with Crippen LogP contribution < -0.4 is 0 Å². The van der Waals surface area contributed by atoms with Crippen molar-refractivity contribution in [1.29, 1.82) is 0 Å². The molecule has 18 heavy (non-hydrogen) atoms. The summed E-state index contributed by atoms with van der Waals surface area (Å²) in [5.41, 5.74) is -0.0300. The number of hydrogen-bond acceptors (Lipinski definition) is 4. The first-order valence-electron chi connectivity index (χ1n) is 6.83. The van der Waals surface area contributed by atoms with Crippen LogP contribution in [0.15, 0.2) is 0 Å². The fourth-order valence-corrected chi connectivity index (χ4v) is 2.34. The van der Waals surface area contributed by atoms with Crippen LogP contribution in [0, 0.1) is 5.92 Å². The van der Waals surface area contributed by atoms with Crippen LogP contribution in [-0.4, -0.2) is 50.3 Å². The van der Waals surface area contributed by atoms with Crippen molar-refractivity contribution in [2.75, 3.05) is 33.9 Å². The van der Waals surface area contributed by atoms with Crippen molar-refractivity contribution in [3.63, 3.8) is 0 Å². The summed E-state index contributed by atoms with van der Waals surface area (Å²) in [4.78, 5) is 13.6. The maximum atomic E-state index is 11.6. The summed E-state index contributed by atoms with van der Waals surface area (Å²) in [6.45, 7) is 6.33. The average Bonchev–Trinajstić information content (AvgIpc) is 2.24. The minimum Gasteiger partial charge on any atom is -0.464 e. The fourth-order valence-electron chi connectivity index (χ4n) is 2.34. The van der Waals surface area contributed by atoms with E-state index in [0.717, 1.165) is 32.4 Å². The van der Waals surface area contributed by atoms with Crippen molar-refractivity contribution in [1.82, 2.24) is 4.90 Å². The highest BCUT2D eigenvalue weighted by Crippen LogP contribution is 2.31. The highest BCUT2D eigenvalue weighted by Gasteiger charge is 2.28. The van der Waals surface area contributed by atoms with Gasteiger partial charge in [0.15, 0.2) is 0 Å². The predicted octanol–water partition coefficient (Wildman–Crippen LogP) is 2.08. The van der Waals surface area contributed by atoms with Crippen LogP contribution in [0.3, 0.4) is 0 Å². The molecule has 0 bridgehead atoms. The molecule has 0 aromatic rings. The Balaban J connectivity index is 2.14. The Morgan fingerprint density at radius 2 is 2.17 bits per heavy atom. The first kappa shape index (κ1) is 15.4. The Morgan fingerprint density at radius 3 is 2.78 bits per heavy atom. The molecular formula is C14H27NO3. The molecule has 0 N–H and O–H groups in total. The molecule has 0 aromatic carbocycles. The first-order valence-corrected chi connectivity index (χ1v) is 6.83. The molecule has 0 spiro atoms. The molecule has 0 radical (unpaired) electrons. The molecule has 1 aliphatic heterocycles. The van der Waals surface area contributed by atoms with Gasteiger partial charge in [-0.1, -0.05) is 0 Å². The van der Waals surface area contributed by atoms with Gasteiger partial charge in [0.1, 0.15) is 6.61 Å². The number of ether oxygens (including phenoxy) is 2. The van der Waals surface area contributed by atoms with Crippen LogP contribution in [0.1, 0.15) is 39.5 Å². The standard InChI is InChI=1S/C14H27NO3/c1-14(2)11-12(7-9-18-14)5-6-13(16)17-10-8-15(3)4/h12H,5-11H2,1-4H3/t12-/m1/s1. The zero-order valence-electron chi connectivity index (χ0n) is 12.2. The molecule has 0 saturated carbocycles. The lowest BCUT2D eigenvalue weighted by Crippen LogP contribution is -2.34. The van der Waals surface area contributed by atoms with Gasteiger partial charge in [0.05, 0.1) is 5.60 Å². The highest BCUT2D eigenvalue weighted by atomic mass is 16.5. The third-order valence-electron chi connectivity index (χ3n) is 3.36. The summed E-state index contributed by atoms with van der Waals surface area (Å²) in [6, 6.07) is 0. The third kappa shape index (κ3) is 6.36. The van der Waals surface area contributed by atoms with E-state index in [-0.39, 0.29) is 11.6 Å². The summed E-state index contributed by atoms with van der Waals surface area (Å²) < 4.78 is 10.9. The number of carbonyl (C=O) groups excluding carboxylic acids is 1. The third-order valence-corrected chi connectivity index (χ3v) is 3.36. The van der Waals surface area contributed by atoms with E-state index in [1.807, 2.05) is 19.0 Å². The van der Waals surface area contributed by atoms with Gasteiger partial charge in [0.25, 0.3) is 0 Å². The van der Waals surface area contributed by atoms with Gasteiger partial charge >= 0.3 is 5.97 Å². The molecular weight excluding hydrogens is 230 g/mol. The molecule has 1 rings (SSSR count). The molecule has 0 amide bonds. The predicted molar refractivity (Wildman–Crippen MR) is 71.5 cm³/mol. The minimum atomic E-state index is -0.0684. The van der Waals surface area contributed by atoms with E-state index in [1.165, 1.54) is 0 Å². The first-order chi connectivity index (χ1) is 8.39. The van der Waals surface area contributed by atoms with E-state index in [0.29, 0.717) is 18.9 Å². The zero-order valence-corrected chi connectivity index (χ0v) is 12.2. The summed E-state index contributed by atoms with van der Waals surface area (Å²) in [7, 11) is 3.94. The van der Waals surface area contributed by atoms with Crippen LogP contribution >= 0.6 is 0 Å². The molecule has 1 atom stereocenters. The van der Waals surface area contributed by atoms with Crippen molar-refractivity contribution in [3.05, 3.63) is 0 Å². The van der Waals surface area contributed by atoms with Crippen LogP contribution in [0.25, 0.3) is 0 Å². The van der Waals surface area contributed by atoms with Crippen LogP contribution in [0.4, 0.5) is 0 Å². The van der Waals surface area contributed by atoms with E-state index in [1.54, 1.807) is 0 Å². The van der Waals surface area contributed by atoms with Crippen molar-refractivity contribution >= 4 is 5.97 Å². The number of esters is 1. The second-order valence-corrected chi connectivity index (χ2v) is 6.03. The Kier molecular flexibility index (Phi) is 6.09. The smallest absolute Gasteiger partial charge is 0.305 e. The number of nitrogens with zero attached hydrogens (tertiary/aromatic N) is 1. The summed E-state index contributed by atoms with van der Waals surface area (Å²) >= 11 is 0. The van der Waals surface area contributed by atoms with Crippen molar-refractivity contribution in [2.24, 2.45) is 5.92 Å². The van der Waals surface area contributed by atoms with E-state index >= 15 is 0 Å². The SMILES string of the molecule is CN(C)CCOC(=O)CC[C@@H]1CCOC(C)(C)C1. The topological polar surface area (TPSA) is 38.8 Å². The Morgan fingerprint density at radius 1 is 1.44 bits per heavy atom. The molecule has 0 aromatic heterocycles. The largest absolute Gasteiger partial charge is 0.464 e.